The first-order chi connectivity index (χ1) is 12.2. The van der Waals surface area contributed by atoms with E-state index < -0.39 is 10.0 Å². The van der Waals surface area contributed by atoms with E-state index in [4.69, 9.17) is 11.6 Å². The number of aryl methyl sites for hydroxylation is 2. The maximum absolute atomic E-state index is 12.3. The SMILES string of the molecule is CCc1ccccc1NC(=O)CCN(c1cc(Cl)ccc1C)S(C)(=O)=O. The van der Waals surface area contributed by atoms with Crippen LogP contribution < -0.4 is 9.62 Å². The first kappa shape index (κ1) is 20.3. The van der Waals surface area contributed by atoms with Gasteiger partial charge in [-0.05, 0) is 42.7 Å². The molecule has 7 heteroatoms. The van der Waals surface area contributed by atoms with Crippen molar-refractivity contribution in [3.63, 3.8) is 0 Å². The van der Waals surface area contributed by atoms with Crippen molar-refractivity contribution in [2.24, 2.45) is 0 Å². The van der Waals surface area contributed by atoms with Crippen LogP contribution in [0, 0.1) is 6.92 Å². The van der Waals surface area contributed by atoms with Gasteiger partial charge in [-0.15, -0.1) is 0 Å². The van der Waals surface area contributed by atoms with Crippen LogP contribution in [0.15, 0.2) is 42.5 Å². The summed E-state index contributed by atoms with van der Waals surface area (Å²) in [7, 11) is -3.54. The number of para-hydroxylation sites is 1. The third kappa shape index (κ3) is 5.22. The topological polar surface area (TPSA) is 66.5 Å². The fourth-order valence-corrected chi connectivity index (χ4v) is 3.83. The molecule has 2 aromatic rings. The minimum atomic E-state index is -3.54. The van der Waals surface area contributed by atoms with Crippen molar-refractivity contribution in [3.05, 3.63) is 58.6 Å². The van der Waals surface area contributed by atoms with Gasteiger partial charge in [0.1, 0.15) is 0 Å². The Kier molecular flexibility index (Phi) is 6.67. The van der Waals surface area contributed by atoms with Crippen molar-refractivity contribution in [2.45, 2.75) is 26.7 Å². The van der Waals surface area contributed by atoms with Gasteiger partial charge in [-0.1, -0.05) is 42.8 Å². The molecule has 0 aliphatic rings. The molecule has 0 saturated carbocycles. The quantitative estimate of drug-likeness (QED) is 0.771. The van der Waals surface area contributed by atoms with E-state index >= 15 is 0 Å². The lowest BCUT2D eigenvalue weighted by Gasteiger charge is -2.24. The highest BCUT2D eigenvalue weighted by molar-refractivity contribution is 7.92. The van der Waals surface area contributed by atoms with E-state index in [9.17, 15) is 13.2 Å². The van der Waals surface area contributed by atoms with Crippen molar-refractivity contribution in [2.75, 3.05) is 22.4 Å². The second-order valence-electron chi connectivity index (χ2n) is 6.07. The van der Waals surface area contributed by atoms with Gasteiger partial charge in [-0.25, -0.2) is 8.42 Å². The molecule has 0 aliphatic heterocycles. The minimum absolute atomic E-state index is 0.0388. The highest BCUT2D eigenvalue weighted by Gasteiger charge is 2.21. The zero-order valence-electron chi connectivity index (χ0n) is 15.1. The molecule has 5 nitrogen and oxygen atoms in total. The van der Waals surface area contributed by atoms with Crippen LogP contribution in [0.3, 0.4) is 0 Å². The number of carbonyl (C=O) groups is 1. The number of sulfonamides is 1. The van der Waals surface area contributed by atoms with E-state index in [1.807, 2.05) is 31.2 Å². The number of carbonyl (C=O) groups excluding carboxylic acids is 1. The summed E-state index contributed by atoms with van der Waals surface area (Å²) in [6, 6.07) is 12.6. The smallest absolute Gasteiger partial charge is 0.232 e. The van der Waals surface area contributed by atoms with E-state index in [1.165, 1.54) is 4.31 Å². The molecule has 1 N–H and O–H groups in total. The third-order valence-electron chi connectivity index (χ3n) is 4.05. The molecule has 1 amide bonds. The van der Waals surface area contributed by atoms with E-state index in [0.717, 1.165) is 29.5 Å². The van der Waals surface area contributed by atoms with Crippen molar-refractivity contribution >= 4 is 38.9 Å². The van der Waals surface area contributed by atoms with E-state index in [1.54, 1.807) is 25.1 Å². The largest absolute Gasteiger partial charge is 0.326 e. The van der Waals surface area contributed by atoms with Crippen LogP contribution >= 0.6 is 11.6 Å². The first-order valence-electron chi connectivity index (χ1n) is 8.34. The predicted octanol–water partition coefficient (Wildman–Crippen LogP) is 4.01. The highest BCUT2D eigenvalue weighted by atomic mass is 35.5. The Balaban J connectivity index is 2.15. The molecule has 0 spiro atoms. The molecule has 140 valence electrons. The zero-order chi connectivity index (χ0) is 19.3. The number of amides is 1. The van der Waals surface area contributed by atoms with Crippen molar-refractivity contribution in [1.82, 2.24) is 0 Å². The number of hydrogen-bond acceptors (Lipinski definition) is 3. The Morgan fingerprint density at radius 3 is 2.54 bits per heavy atom. The second-order valence-corrected chi connectivity index (χ2v) is 8.42. The van der Waals surface area contributed by atoms with Gasteiger partial charge in [0.2, 0.25) is 15.9 Å². The van der Waals surface area contributed by atoms with E-state index in [0.29, 0.717) is 10.7 Å². The fraction of sp³-hybridized carbons (Fsp3) is 0.316. The lowest BCUT2D eigenvalue weighted by Crippen LogP contribution is -2.33. The molecule has 0 saturated heterocycles. The molecule has 2 rings (SSSR count). The summed E-state index contributed by atoms with van der Waals surface area (Å²) in [6.45, 7) is 3.86. The number of benzene rings is 2. The molecule has 0 radical (unpaired) electrons. The molecule has 26 heavy (non-hydrogen) atoms. The lowest BCUT2D eigenvalue weighted by atomic mass is 10.1. The number of nitrogens with one attached hydrogen (secondary N) is 1. The minimum Gasteiger partial charge on any atom is -0.326 e. The van der Waals surface area contributed by atoms with Gasteiger partial charge in [-0.3, -0.25) is 9.10 Å². The maximum Gasteiger partial charge on any atom is 0.232 e. The average molecular weight is 395 g/mol. The predicted molar refractivity (Wildman–Crippen MR) is 107 cm³/mol. The van der Waals surface area contributed by atoms with Gasteiger partial charge in [0.05, 0.1) is 11.9 Å². The normalized spacial score (nSPS) is 11.2. The summed E-state index contributed by atoms with van der Waals surface area (Å²) < 4.78 is 25.7. The Labute approximate surface area is 160 Å². The molecule has 2 aromatic carbocycles. The number of hydrogen-bond donors (Lipinski definition) is 1. The molecular weight excluding hydrogens is 372 g/mol. The average Bonchev–Trinajstić information content (AvgIpc) is 2.57. The van der Waals surface area contributed by atoms with Gasteiger partial charge < -0.3 is 5.32 Å². The van der Waals surface area contributed by atoms with Gasteiger partial charge >= 0.3 is 0 Å². The molecule has 0 heterocycles. The Morgan fingerprint density at radius 2 is 1.88 bits per heavy atom. The summed E-state index contributed by atoms with van der Waals surface area (Å²) in [5, 5.41) is 3.30. The number of halogens is 1. The van der Waals surface area contributed by atoms with Gasteiger partial charge in [-0.2, -0.15) is 0 Å². The summed E-state index contributed by atoms with van der Waals surface area (Å²) in [4.78, 5) is 12.3. The molecule has 0 unspecified atom stereocenters. The standard InChI is InChI=1S/C19H23ClN2O3S/c1-4-15-7-5-6-8-17(15)21-19(23)11-12-22(26(3,24)25)18-13-16(20)10-9-14(18)2/h5-10,13H,4,11-12H2,1-3H3,(H,21,23). The first-order valence-corrected chi connectivity index (χ1v) is 10.6. The number of anilines is 2. The van der Waals surface area contributed by atoms with Gasteiger partial charge in [0, 0.05) is 23.7 Å². The van der Waals surface area contributed by atoms with Crippen LogP contribution in [-0.2, 0) is 21.2 Å². The number of rotatable bonds is 7. The summed E-state index contributed by atoms with van der Waals surface area (Å²) in [5.41, 5.74) is 3.05. The second kappa shape index (κ2) is 8.56. The Morgan fingerprint density at radius 1 is 1.19 bits per heavy atom. The Bertz CT molecular complexity index is 897. The van der Waals surface area contributed by atoms with Crippen molar-refractivity contribution < 1.29 is 13.2 Å². The highest BCUT2D eigenvalue weighted by Crippen LogP contribution is 2.26. The summed E-state index contributed by atoms with van der Waals surface area (Å²) in [6.07, 6.45) is 1.96. The third-order valence-corrected chi connectivity index (χ3v) is 5.47. The van der Waals surface area contributed by atoms with Crippen molar-refractivity contribution in [1.29, 1.82) is 0 Å². The Hall–Kier alpha value is -2.05. The van der Waals surface area contributed by atoms with Gasteiger partial charge in [0.25, 0.3) is 0 Å². The van der Waals surface area contributed by atoms with Crippen LogP contribution in [-0.4, -0.2) is 27.1 Å². The van der Waals surface area contributed by atoms with Crippen molar-refractivity contribution in [3.8, 4) is 0 Å². The molecule has 0 aromatic heterocycles. The molecule has 0 atom stereocenters. The van der Waals surface area contributed by atoms with Crippen LogP contribution in [0.4, 0.5) is 11.4 Å². The number of nitrogens with zero attached hydrogens (tertiary/aromatic N) is 1. The fourth-order valence-electron chi connectivity index (χ4n) is 2.68. The zero-order valence-corrected chi connectivity index (χ0v) is 16.7. The lowest BCUT2D eigenvalue weighted by molar-refractivity contribution is -0.116. The maximum atomic E-state index is 12.3. The molecule has 0 bridgehead atoms. The molecule has 0 aliphatic carbocycles. The molecular formula is C19H23ClN2O3S. The van der Waals surface area contributed by atoms with Crippen LogP contribution in [0.1, 0.15) is 24.5 Å². The van der Waals surface area contributed by atoms with Gasteiger partial charge in [0.15, 0.2) is 0 Å². The monoisotopic (exact) mass is 394 g/mol. The van der Waals surface area contributed by atoms with E-state index in [-0.39, 0.29) is 18.9 Å². The summed E-state index contributed by atoms with van der Waals surface area (Å²) >= 11 is 6.01. The van der Waals surface area contributed by atoms with Crippen LogP contribution in [0.25, 0.3) is 0 Å². The van der Waals surface area contributed by atoms with E-state index in [2.05, 4.69) is 5.32 Å². The molecule has 0 fully saturated rings. The summed E-state index contributed by atoms with van der Waals surface area (Å²) in [5.74, 6) is -0.237. The van der Waals surface area contributed by atoms with Crippen LogP contribution in [0.5, 0.6) is 0 Å². The van der Waals surface area contributed by atoms with Crippen LogP contribution in [0.2, 0.25) is 5.02 Å².